The second-order valence-electron chi connectivity index (χ2n) is 7.87. The molecule has 1 amide bonds. The average molecular weight is 424 g/mol. The van der Waals surface area contributed by atoms with E-state index in [1.165, 1.54) is 12.1 Å². The van der Waals surface area contributed by atoms with Gasteiger partial charge in [-0.15, -0.1) is 0 Å². The number of amides is 1. The van der Waals surface area contributed by atoms with Crippen molar-refractivity contribution in [1.82, 2.24) is 19.9 Å². The van der Waals surface area contributed by atoms with Gasteiger partial charge in [0.25, 0.3) is 0 Å². The van der Waals surface area contributed by atoms with Crippen LogP contribution in [0.4, 0.5) is 13.2 Å². The Kier molecular flexibility index (Phi) is 5.54. The molecule has 2 fully saturated rings. The Bertz CT molecular complexity index is 891. The summed E-state index contributed by atoms with van der Waals surface area (Å²) in [7, 11) is 0. The van der Waals surface area contributed by atoms with E-state index < -0.39 is 17.8 Å². The highest BCUT2D eigenvalue weighted by Gasteiger charge is 2.41. The molecule has 30 heavy (non-hydrogen) atoms. The summed E-state index contributed by atoms with van der Waals surface area (Å²) >= 11 is 0. The predicted molar refractivity (Wildman–Crippen MR) is 100 cm³/mol. The first-order valence-corrected chi connectivity index (χ1v) is 9.93. The summed E-state index contributed by atoms with van der Waals surface area (Å²) < 4.78 is 43.7. The van der Waals surface area contributed by atoms with E-state index in [4.69, 9.17) is 4.52 Å². The van der Waals surface area contributed by atoms with Crippen molar-refractivity contribution in [2.45, 2.75) is 50.6 Å². The first-order chi connectivity index (χ1) is 14.2. The number of aliphatic hydroxyl groups excluding tert-OH is 1. The van der Waals surface area contributed by atoms with Crippen molar-refractivity contribution < 1.29 is 27.6 Å². The van der Waals surface area contributed by atoms with Gasteiger partial charge in [0.15, 0.2) is 0 Å². The first-order valence-electron chi connectivity index (χ1n) is 9.93. The van der Waals surface area contributed by atoms with Gasteiger partial charge in [0, 0.05) is 38.2 Å². The number of alkyl halides is 3. The Morgan fingerprint density at radius 2 is 1.87 bits per heavy atom. The van der Waals surface area contributed by atoms with Crippen molar-refractivity contribution in [1.29, 1.82) is 0 Å². The van der Waals surface area contributed by atoms with Crippen LogP contribution in [0.15, 0.2) is 28.8 Å². The van der Waals surface area contributed by atoms with Crippen LogP contribution in [0.5, 0.6) is 0 Å². The number of halogens is 3. The smallest absolute Gasteiger partial charge is 0.392 e. The number of piperidine rings is 1. The molecule has 2 atom stereocenters. The van der Waals surface area contributed by atoms with Crippen LogP contribution in [0.25, 0.3) is 11.4 Å². The lowest BCUT2D eigenvalue weighted by Crippen LogP contribution is -2.46. The number of rotatable bonds is 3. The molecule has 0 saturated carbocycles. The molecule has 0 bridgehead atoms. The fourth-order valence-corrected chi connectivity index (χ4v) is 4.29. The van der Waals surface area contributed by atoms with Crippen molar-refractivity contribution in [2.24, 2.45) is 0 Å². The molecular weight excluding hydrogens is 401 g/mol. The van der Waals surface area contributed by atoms with Crippen molar-refractivity contribution in [3.8, 4) is 11.4 Å². The maximum absolute atomic E-state index is 12.8. The number of aliphatic hydroxyl groups is 1. The monoisotopic (exact) mass is 424 g/mol. The molecule has 0 unspecified atom stereocenters. The number of likely N-dealkylation sites (tertiary alicyclic amines) is 2. The zero-order valence-electron chi connectivity index (χ0n) is 16.5. The van der Waals surface area contributed by atoms with Gasteiger partial charge in [-0.25, -0.2) is 0 Å². The zero-order chi connectivity index (χ0) is 21.5. The Hall–Kier alpha value is -2.46. The molecule has 4 rings (SSSR count). The average Bonchev–Trinajstić information content (AvgIpc) is 3.34. The molecule has 1 aromatic heterocycles. The third-order valence-electron chi connectivity index (χ3n) is 5.89. The van der Waals surface area contributed by atoms with Gasteiger partial charge in [0.1, 0.15) is 0 Å². The minimum atomic E-state index is -4.40. The number of aromatic nitrogens is 2. The van der Waals surface area contributed by atoms with Crippen LogP contribution < -0.4 is 0 Å². The number of hydrogen-bond acceptors (Lipinski definition) is 6. The molecular formula is C20H23F3N4O3. The maximum atomic E-state index is 12.8. The lowest BCUT2D eigenvalue weighted by molar-refractivity contribution is -0.137. The van der Waals surface area contributed by atoms with Crippen molar-refractivity contribution in [2.75, 3.05) is 19.6 Å². The molecule has 1 aromatic carbocycles. The minimum Gasteiger partial charge on any atom is -0.392 e. The summed E-state index contributed by atoms with van der Waals surface area (Å²) in [5.41, 5.74) is -0.310. The predicted octanol–water partition coefficient (Wildman–Crippen LogP) is 2.87. The Morgan fingerprint density at radius 3 is 2.47 bits per heavy atom. The van der Waals surface area contributed by atoms with Gasteiger partial charge in [0.05, 0.1) is 17.7 Å². The van der Waals surface area contributed by atoms with Crippen LogP contribution in [0.2, 0.25) is 0 Å². The largest absolute Gasteiger partial charge is 0.416 e. The third-order valence-corrected chi connectivity index (χ3v) is 5.89. The minimum absolute atomic E-state index is 0.0598. The van der Waals surface area contributed by atoms with Crippen LogP contribution in [0, 0.1) is 0 Å². The quantitative estimate of drug-likeness (QED) is 0.816. The summed E-state index contributed by atoms with van der Waals surface area (Å²) in [6, 6.07) is 4.53. The molecule has 2 aromatic rings. The molecule has 0 aliphatic carbocycles. The molecule has 2 aliphatic rings. The van der Waals surface area contributed by atoms with Crippen molar-refractivity contribution in [3.05, 3.63) is 35.7 Å². The lowest BCUT2D eigenvalue weighted by Gasteiger charge is -2.38. The van der Waals surface area contributed by atoms with Crippen LogP contribution in [-0.4, -0.2) is 62.7 Å². The van der Waals surface area contributed by atoms with E-state index in [2.05, 4.69) is 15.0 Å². The van der Waals surface area contributed by atoms with Gasteiger partial charge in [-0.2, -0.15) is 18.2 Å². The van der Waals surface area contributed by atoms with Crippen LogP contribution in [0.1, 0.15) is 43.7 Å². The fraction of sp³-hybridized carbons (Fsp3) is 0.550. The molecule has 2 aliphatic heterocycles. The molecule has 0 spiro atoms. The number of β-amino-alcohol motifs (C(OH)–C–C–N with tert-alkyl or cyclic N) is 1. The molecule has 2 saturated heterocycles. The zero-order valence-corrected chi connectivity index (χ0v) is 16.5. The molecule has 3 heterocycles. The third kappa shape index (κ3) is 4.20. The Balaban J connectivity index is 1.49. The van der Waals surface area contributed by atoms with Crippen molar-refractivity contribution >= 4 is 5.91 Å². The van der Waals surface area contributed by atoms with E-state index in [1.54, 1.807) is 6.92 Å². The molecule has 7 nitrogen and oxygen atoms in total. The SMILES string of the molecule is CC(=O)N1CCC(N2C[C@H](O)C[C@H]2c2nc(-c3ccc(C(F)(F)F)cc3)no2)CC1. The second kappa shape index (κ2) is 7.99. The normalized spacial score (nSPS) is 23.8. The highest BCUT2D eigenvalue weighted by Crippen LogP contribution is 2.37. The highest BCUT2D eigenvalue weighted by molar-refractivity contribution is 5.73. The standard InChI is InChI=1S/C20H23F3N4O3/c1-12(28)26-8-6-15(7-9-26)27-11-16(29)10-17(27)19-24-18(25-30-19)13-2-4-14(5-3-13)20(21,22)23/h2-5,15-17,29H,6-11H2,1H3/t16-,17+/m1/s1. The first kappa shape index (κ1) is 20.8. The second-order valence-corrected chi connectivity index (χ2v) is 7.87. The molecule has 0 radical (unpaired) electrons. The van der Waals surface area contributed by atoms with E-state index in [-0.39, 0.29) is 23.8 Å². The van der Waals surface area contributed by atoms with E-state index >= 15 is 0 Å². The number of carbonyl (C=O) groups is 1. The summed E-state index contributed by atoms with van der Waals surface area (Å²) in [6.07, 6.45) is -2.89. The number of nitrogens with zero attached hydrogens (tertiary/aromatic N) is 4. The summed E-state index contributed by atoms with van der Waals surface area (Å²) in [5.74, 6) is 0.617. The summed E-state index contributed by atoms with van der Waals surface area (Å²) in [4.78, 5) is 19.9. The van der Waals surface area contributed by atoms with E-state index in [1.807, 2.05) is 4.90 Å². The lowest BCUT2D eigenvalue weighted by atomic mass is 10.0. The van der Waals surface area contributed by atoms with Crippen molar-refractivity contribution in [3.63, 3.8) is 0 Å². The fourth-order valence-electron chi connectivity index (χ4n) is 4.29. The molecule has 1 N–H and O–H groups in total. The maximum Gasteiger partial charge on any atom is 0.416 e. The Morgan fingerprint density at radius 1 is 1.20 bits per heavy atom. The Labute approximate surface area is 171 Å². The molecule has 10 heteroatoms. The highest BCUT2D eigenvalue weighted by atomic mass is 19.4. The number of carbonyl (C=O) groups excluding carboxylic acids is 1. The summed E-state index contributed by atoms with van der Waals surface area (Å²) in [5, 5.41) is 14.2. The summed E-state index contributed by atoms with van der Waals surface area (Å²) in [6.45, 7) is 3.37. The van der Waals surface area contributed by atoms with Crippen LogP contribution >= 0.6 is 0 Å². The van der Waals surface area contributed by atoms with Gasteiger partial charge in [-0.1, -0.05) is 17.3 Å². The topological polar surface area (TPSA) is 82.7 Å². The number of benzene rings is 1. The van der Waals surface area contributed by atoms with Gasteiger partial charge in [-0.3, -0.25) is 9.69 Å². The van der Waals surface area contributed by atoms with Gasteiger partial charge < -0.3 is 14.5 Å². The van der Waals surface area contributed by atoms with Gasteiger partial charge in [0.2, 0.25) is 17.6 Å². The van der Waals surface area contributed by atoms with Crippen LogP contribution in [0.3, 0.4) is 0 Å². The van der Waals surface area contributed by atoms with Gasteiger partial charge in [-0.05, 0) is 31.4 Å². The number of hydrogen-bond donors (Lipinski definition) is 1. The van der Waals surface area contributed by atoms with E-state index in [9.17, 15) is 23.1 Å². The van der Waals surface area contributed by atoms with Gasteiger partial charge >= 0.3 is 6.18 Å². The van der Waals surface area contributed by atoms with E-state index in [0.29, 0.717) is 37.5 Å². The van der Waals surface area contributed by atoms with E-state index in [0.717, 1.165) is 25.0 Å². The molecule has 162 valence electrons. The van der Waals surface area contributed by atoms with Crippen LogP contribution in [-0.2, 0) is 11.0 Å².